The molecular formula is C18H18O3. The lowest BCUT2D eigenvalue weighted by Crippen LogP contribution is -2.02. The third-order valence-corrected chi connectivity index (χ3v) is 3.13. The molecule has 0 saturated heterocycles. The molecule has 0 aliphatic heterocycles. The maximum absolute atomic E-state index is 11.8. The largest absolute Gasteiger partial charge is 0.489 e. The first-order valence-electron chi connectivity index (χ1n) is 6.94. The molecule has 3 heteroatoms. The van der Waals surface area contributed by atoms with Crippen LogP contribution in [0.2, 0.25) is 0 Å². The molecule has 0 spiro atoms. The molecular weight excluding hydrogens is 264 g/mol. The van der Waals surface area contributed by atoms with E-state index < -0.39 is 0 Å². The third kappa shape index (κ3) is 4.88. The third-order valence-electron chi connectivity index (χ3n) is 3.13. The zero-order valence-corrected chi connectivity index (χ0v) is 12.0. The minimum Gasteiger partial charge on any atom is -0.489 e. The normalized spacial score (nSPS) is 10.1. The van der Waals surface area contributed by atoms with E-state index in [1.54, 1.807) is 24.3 Å². The quantitative estimate of drug-likeness (QED) is 0.725. The van der Waals surface area contributed by atoms with Crippen LogP contribution in [0.4, 0.5) is 0 Å². The highest BCUT2D eigenvalue weighted by molar-refractivity contribution is 5.98. The molecule has 21 heavy (non-hydrogen) atoms. The number of carbonyl (C=O) groups is 2. The van der Waals surface area contributed by atoms with Gasteiger partial charge in [0.25, 0.3) is 0 Å². The summed E-state index contributed by atoms with van der Waals surface area (Å²) >= 11 is 0. The lowest BCUT2D eigenvalue weighted by molar-refractivity contribution is -0.116. The van der Waals surface area contributed by atoms with Gasteiger partial charge in [0.1, 0.15) is 18.1 Å². The van der Waals surface area contributed by atoms with E-state index in [0.29, 0.717) is 18.6 Å². The standard InChI is InChI=1S/C18H18O3/c1-14(19)7-12-18(20)16-8-10-17(11-9-16)21-13-15-5-3-2-4-6-15/h2-6,8-11H,7,12-13H2,1H3. The fourth-order valence-corrected chi connectivity index (χ4v) is 1.91. The predicted octanol–water partition coefficient (Wildman–Crippen LogP) is 3.82. The Morgan fingerprint density at radius 3 is 2.19 bits per heavy atom. The molecule has 0 radical (unpaired) electrons. The van der Waals surface area contributed by atoms with Crippen molar-refractivity contribution < 1.29 is 14.3 Å². The van der Waals surface area contributed by atoms with Gasteiger partial charge in [-0.15, -0.1) is 0 Å². The van der Waals surface area contributed by atoms with Gasteiger partial charge in [-0.25, -0.2) is 0 Å². The van der Waals surface area contributed by atoms with Gasteiger partial charge in [-0.3, -0.25) is 4.79 Å². The number of ketones is 2. The summed E-state index contributed by atoms with van der Waals surface area (Å²) in [4.78, 5) is 22.7. The molecule has 0 unspecified atom stereocenters. The second-order valence-corrected chi connectivity index (χ2v) is 4.92. The molecule has 0 bridgehead atoms. The molecule has 0 amide bonds. The van der Waals surface area contributed by atoms with Gasteiger partial charge in [-0.1, -0.05) is 30.3 Å². The van der Waals surface area contributed by atoms with E-state index in [0.717, 1.165) is 11.3 Å². The van der Waals surface area contributed by atoms with Gasteiger partial charge in [0.05, 0.1) is 0 Å². The maximum atomic E-state index is 11.8. The van der Waals surface area contributed by atoms with E-state index in [9.17, 15) is 9.59 Å². The maximum Gasteiger partial charge on any atom is 0.163 e. The Morgan fingerprint density at radius 1 is 0.905 bits per heavy atom. The van der Waals surface area contributed by atoms with Crippen LogP contribution < -0.4 is 4.74 Å². The SMILES string of the molecule is CC(=O)CCC(=O)c1ccc(OCc2ccccc2)cc1. The lowest BCUT2D eigenvalue weighted by Gasteiger charge is -2.07. The number of hydrogen-bond acceptors (Lipinski definition) is 3. The summed E-state index contributed by atoms with van der Waals surface area (Å²) < 4.78 is 5.66. The van der Waals surface area contributed by atoms with Crippen molar-refractivity contribution in [3.8, 4) is 5.75 Å². The first-order valence-corrected chi connectivity index (χ1v) is 6.94. The highest BCUT2D eigenvalue weighted by Gasteiger charge is 2.07. The number of carbonyl (C=O) groups excluding carboxylic acids is 2. The molecule has 2 aromatic rings. The molecule has 0 N–H and O–H groups in total. The second-order valence-electron chi connectivity index (χ2n) is 4.92. The molecule has 0 saturated carbocycles. The fourth-order valence-electron chi connectivity index (χ4n) is 1.91. The van der Waals surface area contributed by atoms with Gasteiger partial charge in [0.2, 0.25) is 0 Å². The van der Waals surface area contributed by atoms with Crippen LogP contribution in [0.3, 0.4) is 0 Å². The Hall–Kier alpha value is -2.42. The van der Waals surface area contributed by atoms with E-state index >= 15 is 0 Å². The van der Waals surface area contributed by atoms with Crippen LogP contribution in [-0.4, -0.2) is 11.6 Å². The zero-order valence-electron chi connectivity index (χ0n) is 12.0. The topological polar surface area (TPSA) is 43.4 Å². The van der Waals surface area contributed by atoms with Crippen LogP contribution in [-0.2, 0) is 11.4 Å². The van der Waals surface area contributed by atoms with Crippen LogP contribution in [0, 0.1) is 0 Å². The number of rotatable bonds is 7. The van der Waals surface area contributed by atoms with Gasteiger partial charge in [0, 0.05) is 18.4 Å². The number of hydrogen-bond donors (Lipinski definition) is 0. The van der Waals surface area contributed by atoms with Gasteiger partial charge >= 0.3 is 0 Å². The first kappa shape index (κ1) is 15.0. The molecule has 2 aromatic carbocycles. The van der Waals surface area contributed by atoms with E-state index in [1.165, 1.54) is 6.92 Å². The predicted molar refractivity (Wildman–Crippen MR) is 81.5 cm³/mol. The molecule has 2 rings (SSSR count). The lowest BCUT2D eigenvalue weighted by atomic mass is 10.1. The Bertz CT molecular complexity index is 600. The van der Waals surface area contributed by atoms with Crippen molar-refractivity contribution in [2.45, 2.75) is 26.4 Å². The molecule has 0 fully saturated rings. The molecule has 0 aromatic heterocycles. The molecule has 0 aliphatic rings. The second kappa shape index (κ2) is 7.39. The summed E-state index contributed by atoms with van der Waals surface area (Å²) in [6.45, 7) is 1.99. The summed E-state index contributed by atoms with van der Waals surface area (Å²) in [5.41, 5.74) is 1.71. The van der Waals surface area contributed by atoms with Crippen molar-refractivity contribution in [1.29, 1.82) is 0 Å². The minimum absolute atomic E-state index is 0.0141. The van der Waals surface area contributed by atoms with Gasteiger partial charge in [-0.05, 0) is 36.8 Å². The van der Waals surface area contributed by atoms with Crippen molar-refractivity contribution >= 4 is 11.6 Å². The number of ether oxygens (including phenoxy) is 1. The summed E-state index contributed by atoms with van der Waals surface area (Å²) in [6, 6.07) is 16.9. The molecule has 0 aliphatic carbocycles. The van der Waals surface area contributed by atoms with Crippen LogP contribution in [0.5, 0.6) is 5.75 Å². The van der Waals surface area contributed by atoms with Crippen molar-refractivity contribution in [3.05, 3.63) is 65.7 Å². The van der Waals surface area contributed by atoms with Gasteiger partial charge < -0.3 is 9.53 Å². The van der Waals surface area contributed by atoms with E-state index in [2.05, 4.69) is 0 Å². The number of Topliss-reactive ketones (excluding diaryl/α,β-unsaturated/α-hetero) is 2. The van der Waals surface area contributed by atoms with Crippen molar-refractivity contribution in [2.75, 3.05) is 0 Å². The minimum atomic E-state index is -0.0141. The fraction of sp³-hybridized carbons (Fsp3) is 0.222. The Morgan fingerprint density at radius 2 is 1.57 bits per heavy atom. The molecule has 108 valence electrons. The zero-order chi connectivity index (χ0) is 15.1. The Labute approximate surface area is 124 Å². The van der Waals surface area contributed by atoms with Crippen LogP contribution >= 0.6 is 0 Å². The van der Waals surface area contributed by atoms with Crippen LogP contribution in [0.1, 0.15) is 35.7 Å². The number of benzene rings is 2. The summed E-state index contributed by atoms with van der Waals surface area (Å²) in [7, 11) is 0. The first-order chi connectivity index (χ1) is 10.1. The van der Waals surface area contributed by atoms with E-state index in [4.69, 9.17) is 4.74 Å². The highest BCUT2D eigenvalue weighted by atomic mass is 16.5. The summed E-state index contributed by atoms with van der Waals surface area (Å²) in [5, 5.41) is 0. The van der Waals surface area contributed by atoms with Crippen molar-refractivity contribution in [2.24, 2.45) is 0 Å². The monoisotopic (exact) mass is 282 g/mol. The average Bonchev–Trinajstić information content (AvgIpc) is 2.52. The Kier molecular flexibility index (Phi) is 5.27. The van der Waals surface area contributed by atoms with E-state index in [-0.39, 0.29) is 18.0 Å². The van der Waals surface area contributed by atoms with Gasteiger partial charge in [0.15, 0.2) is 5.78 Å². The van der Waals surface area contributed by atoms with Crippen molar-refractivity contribution in [1.82, 2.24) is 0 Å². The average molecular weight is 282 g/mol. The summed E-state index contributed by atoms with van der Waals surface area (Å²) in [5.74, 6) is 0.743. The van der Waals surface area contributed by atoms with Crippen LogP contribution in [0.25, 0.3) is 0 Å². The molecule has 0 heterocycles. The van der Waals surface area contributed by atoms with Crippen LogP contribution in [0.15, 0.2) is 54.6 Å². The van der Waals surface area contributed by atoms with Gasteiger partial charge in [-0.2, -0.15) is 0 Å². The smallest absolute Gasteiger partial charge is 0.163 e. The highest BCUT2D eigenvalue weighted by Crippen LogP contribution is 2.15. The van der Waals surface area contributed by atoms with E-state index in [1.807, 2.05) is 30.3 Å². The summed E-state index contributed by atoms with van der Waals surface area (Å²) in [6.07, 6.45) is 0.560. The molecule has 0 atom stereocenters. The molecule has 3 nitrogen and oxygen atoms in total. The van der Waals surface area contributed by atoms with Crippen molar-refractivity contribution in [3.63, 3.8) is 0 Å². The Balaban J connectivity index is 1.89.